The molecule has 0 saturated carbocycles. The largest absolute Gasteiger partial charge is 0.379 e. The van der Waals surface area contributed by atoms with Gasteiger partial charge < -0.3 is 15.4 Å². The zero-order chi connectivity index (χ0) is 23.3. The highest BCUT2D eigenvalue weighted by Gasteiger charge is 2.26. The first kappa shape index (κ1) is 23.0. The molecule has 0 unspecified atom stereocenters. The van der Waals surface area contributed by atoms with Crippen LogP contribution in [0.15, 0.2) is 59.5 Å². The number of para-hydroxylation sites is 1. The van der Waals surface area contributed by atoms with E-state index in [4.69, 9.17) is 4.74 Å². The van der Waals surface area contributed by atoms with E-state index < -0.39 is 15.9 Å². The van der Waals surface area contributed by atoms with Gasteiger partial charge in [-0.05, 0) is 36.4 Å². The number of nitrogens with zero attached hydrogens (tertiary/aromatic N) is 3. The van der Waals surface area contributed by atoms with Crippen molar-refractivity contribution in [3.05, 3.63) is 70.2 Å². The van der Waals surface area contributed by atoms with Crippen molar-refractivity contribution in [3.63, 3.8) is 0 Å². The Balaban J connectivity index is 1.33. The van der Waals surface area contributed by atoms with Crippen molar-refractivity contribution in [2.45, 2.75) is 11.4 Å². The van der Waals surface area contributed by atoms with Gasteiger partial charge in [0.25, 0.3) is 11.8 Å². The number of nitrogens with one attached hydrogen (secondary N) is 2. The molecular weight excluding hydrogens is 466 g/mol. The predicted molar refractivity (Wildman–Crippen MR) is 121 cm³/mol. The standard InChI is InChI=1S/C21H21N5O5S2/c27-19(15-6-8-17(9-7-15)33(29,30)26-10-12-31-13-11-26)22-14-18-24-25-21(32-18)20(28)23-16-4-2-1-3-5-16/h1-9H,10-14H2,(H,22,27)(H,23,28). The Morgan fingerprint density at radius 1 is 0.970 bits per heavy atom. The van der Waals surface area contributed by atoms with Gasteiger partial charge in [0.1, 0.15) is 5.01 Å². The molecule has 1 aliphatic rings. The smallest absolute Gasteiger partial charge is 0.286 e. The molecule has 1 fully saturated rings. The van der Waals surface area contributed by atoms with Crippen molar-refractivity contribution in [1.29, 1.82) is 0 Å². The van der Waals surface area contributed by atoms with E-state index in [0.717, 1.165) is 11.3 Å². The molecule has 12 heteroatoms. The molecule has 0 bridgehead atoms. The number of hydrogen-bond acceptors (Lipinski definition) is 8. The average Bonchev–Trinajstić information content (AvgIpc) is 3.33. The van der Waals surface area contributed by atoms with Crippen molar-refractivity contribution in [1.82, 2.24) is 19.8 Å². The zero-order valence-electron chi connectivity index (χ0n) is 17.4. The Kier molecular flexibility index (Phi) is 7.08. The summed E-state index contributed by atoms with van der Waals surface area (Å²) < 4.78 is 31.9. The number of amides is 2. The Morgan fingerprint density at radius 2 is 1.67 bits per heavy atom. The molecule has 2 N–H and O–H groups in total. The van der Waals surface area contributed by atoms with Gasteiger partial charge in [-0.3, -0.25) is 9.59 Å². The quantitative estimate of drug-likeness (QED) is 0.519. The first-order chi connectivity index (χ1) is 15.9. The molecule has 2 heterocycles. The van der Waals surface area contributed by atoms with E-state index in [1.165, 1.54) is 28.6 Å². The zero-order valence-corrected chi connectivity index (χ0v) is 19.1. The molecule has 1 saturated heterocycles. The van der Waals surface area contributed by atoms with E-state index in [2.05, 4.69) is 20.8 Å². The molecule has 4 rings (SSSR count). The highest BCUT2D eigenvalue weighted by Crippen LogP contribution is 2.18. The van der Waals surface area contributed by atoms with Crippen LogP contribution in [0, 0.1) is 0 Å². The van der Waals surface area contributed by atoms with Crippen LogP contribution in [0.4, 0.5) is 5.69 Å². The number of morpholine rings is 1. The molecule has 3 aromatic rings. The molecule has 0 spiro atoms. The van der Waals surface area contributed by atoms with Crippen LogP contribution in [-0.2, 0) is 21.3 Å². The van der Waals surface area contributed by atoms with Crippen molar-refractivity contribution < 1.29 is 22.7 Å². The lowest BCUT2D eigenvalue weighted by molar-refractivity contribution is 0.0730. The second-order valence-corrected chi connectivity index (χ2v) is 10.0. The minimum Gasteiger partial charge on any atom is -0.379 e. The third-order valence-electron chi connectivity index (χ3n) is 4.82. The summed E-state index contributed by atoms with van der Waals surface area (Å²) in [5.41, 5.74) is 0.953. The molecule has 172 valence electrons. The minimum absolute atomic E-state index is 0.0863. The SMILES string of the molecule is O=C(NCc1nnc(C(=O)Nc2ccccc2)s1)c1ccc(S(=O)(=O)N2CCOCC2)cc1. The number of aromatic nitrogens is 2. The Bertz CT molecular complexity index is 1220. The molecule has 0 aliphatic carbocycles. The maximum Gasteiger partial charge on any atom is 0.286 e. The summed E-state index contributed by atoms with van der Waals surface area (Å²) in [6.45, 7) is 1.42. The summed E-state index contributed by atoms with van der Waals surface area (Å²) >= 11 is 1.07. The van der Waals surface area contributed by atoms with Crippen LogP contribution < -0.4 is 10.6 Å². The fourth-order valence-electron chi connectivity index (χ4n) is 3.10. The normalized spacial score (nSPS) is 14.5. The molecule has 0 atom stereocenters. The molecule has 1 aromatic heterocycles. The Labute approximate surface area is 194 Å². The topological polar surface area (TPSA) is 131 Å². The van der Waals surface area contributed by atoms with E-state index >= 15 is 0 Å². The number of rotatable bonds is 7. The van der Waals surface area contributed by atoms with Gasteiger partial charge in [-0.15, -0.1) is 10.2 Å². The van der Waals surface area contributed by atoms with Crippen LogP contribution >= 0.6 is 11.3 Å². The van der Waals surface area contributed by atoms with Gasteiger partial charge in [-0.1, -0.05) is 29.5 Å². The highest BCUT2D eigenvalue weighted by molar-refractivity contribution is 7.89. The first-order valence-corrected chi connectivity index (χ1v) is 12.3. The van der Waals surface area contributed by atoms with E-state index in [9.17, 15) is 18.0 Å². The number of benzene rings is 2. The third kappa shape index (κ3) is 5.60. The molecule has 10 nitrogen and oxygen atoms in total. The van der Waals surface area contributed by atoms with Gasteiger partial charge >= 0.3 is 0 Å². The summed E-state index contributed by atoms with van der Waals surface area (Å²) in [6.07, 6.45) is 0. The summed E-state index contributed by atoms with van der Waals surface area (Å²) in [6, 6.07) is 14.7. The van der Waals surface area contributed by atoms with E-state index in [0.29, 0.717) is 42.6 Å². The summed E-state index contributed by atoms with van der Waals surface area (Å²) in [7, 11) is -3.62. The van der Waals surface area contributed by atoms with Crippen molar-refractivity contribution in [2.75, 3.05) is 31.6 Å². The third-order valence-corrected chi connectivity index (χ3v) is 7.65. The second-order valence-electron chi connectivity index (χ2n) is 7.04. The summed E-state index contributed by atoms with van der Waals surface area (Å²) in [4.78, 5) is 24.8. The summed E-state index contributed by atoms with van der Waals surface area (Å²) in [5, 5.41) is 13.9. The van der Waals surface area contributed by atoms with Crippen LogP contribution in [0.3, 0.4) is 0 Å². The molecule has 2 aromatic carbocycles. The van der Waals surface area contributed by atoms with Crippen LogP contribution in [0.25, 0.3) is 0 Å². The summed E-state index contributed by atoms with van der Waals surface area (Å²) in [5.74, 6) is -0.774. The molecular formula is C21H21N5O5S2. The lowest BCUT2D eigenvalue weighted by atomic mass is 10.2. The number of hydrogen-bond donors (Lipinski definition) is 2. The average molecular weight is 488 g/mol. The van der Waals surface area contributed by atoms with Gasteiger partial charge in [0.15, 0.2) is 0 Å². The van der Waals surface area contributed by atoms with Crippen LogP contribution in [0.2, 0.25) is 0 Å². The fraction of sp³-hybridized carbons (Fsp3) is 0.238. The van der Waals surface area contributed by atoms with Gasteiger partial charge in [-0.2, -0.15) is 4.31 Å². The first-order valence-electron chi connectivity index (χ1n) is 10.1. The minimum atomic E-state index is -3.62. The van der Waals surface area contributed by atoms with Crippen molar-refractivity contribution in [3.8, 4) is 0 Å². The number of carbonyl (C=O) groups is 2. The van der Waals surface area contributed by atoms with Crippen LogP contribution in [-0.4, -0.2) is 61.0 Å². The number of carbonyl (C=O) groups excluding carboxylic acids is 2. The van der Waals surface area contributed by atoms with Crippen molar-refractivity contribution >= 4 is 38.9 Å². The number of sulfonamides is 1. The monoisotopic (exact) mass is 487 g/mol. The van der Waals surface area contributed by atoms with Gasteiger partial charge in [0.05, 0.1) is 24.7 Å². The Morgan fingerprint density at radius 3 is 2.36 bits per heavy atom. The Hall–Kier alpha value is -3.19. The molecule has 2 amide bonds. The van der Waals surface area contributed by atoms with E-state index in [1.807, 2.05) is 6.07 Å². The molecule has 0 radical (unpaired) electrons. The number of anilines is 1. The lowest BCUT2D eigenvalue weighted by Crippen LogP contribution is -2.40. The van der Waals surface area contributed by atoms with Gasteiger partial charge in [0, 0.05) is 24.3 Å². The highest BCUT2D eigenvalue weighted by atomic mass is 32.2. The van der Waals surface area contributed by atoms with Gasteiger partial charge in [0.2, 0.25) is 15.0 Å². The lowest BCUT2D eigenvalue weighted by Gasteiger charge is -2.26. The molecule has 33 heavy (non-hydrogen) atoms. The van der Waals surface area contributed by atoms with Crippen LogP contribution in [0.5, 0.6) is 0 Å². The second kappa shape index (κ2) is 10.2. The number of ether oxygens (including phenoxy) is 1. The molecule has 1 aliphatic heterocycles. The van der Waals surface area contributed by atoms with Crippen molar-refractivity contribution in [2.24, 2.45) is 0 Å². The maximum atomic E-state index is 12.7. The van der Waals surface area contributed by atoms with Gasteiger partial charge in [-0.25, -0.2) is 8.42 Å². The maximum absolute atomic E-state index is 12.7. The predicted octanol–water partition coefficient (Wildman–Crippen LogP) is 1.74. The van der Waals surface area contributed by atoms with E-state index in [1.54, 1.807) is 24.3 Å². The van der Waals surface area contributed by atoms with E-state index in [-0.39, 0.29) is 22.4 Å². The van der Waals surface area contributed by atoms with Crippen LogP contribution in [0.1, 0.15) is 25.2 Å². The fourth-order valence-corrected chi connectivity index (χ4v) is 5.18.